The molecule has 1 unspecified atom stereocenters. The van der Waals surface area contributed by atoms with Crippen molar-refractivity contribution in [2.24, 2.45) is 0 Å². The van der Waals surface area contributed by atoms with Crippen LogP contribution in [0.1, 0.15) is 18.1 Å². The van der Waals surface area contributed by atoms with E-state index in [1.807, 2.05) is 6.92 Å². The maximum absolute atomic E-state index is 12.3. The maximum atomic E-state index is 12.3. The Morgan fingerprint density at radius 1 is 1.19 bits per heavy atom. The standard InChI is InChI=1S/C19H18ClNO6/c1-12-10-15(20)5-7-16(12)26-13(2)19(22)27-17-6-4-14(8-9-21(23)24)11-18(17)25-3/h4-11,13H,1-3H3. The van der Waals surface area contributed by atoms with Gasteiger partial charge in [-0.05, 0) is 55.3 Å². The van der Waals surface area contributed by atoms with Crippen molar-refractivity contribution in [3.8, 4) is 17.2 Å². The second-order valence-corrected chi connectivity index (χ2v) is 6.04. The molecular formula is C19H18ClNO6. The third-order valence-electron chi connectivity index (χ3n) is 3.56. The molecule has 2 aromatic carbocycles. The average molecular weight is 392 g/mol. The molecule has 0 aliphatic rings. The molecule has 0 fully saturated rings. The summed E-state index contributed by atoms with van der Waals surface area (Å²) in [6, 6.07) is 9.67. The van der Waals surface area contributed by atoms with Crippen LogP contribution >= 0.6 is 11.6 Å². The number of ether oxygens (including phenoxy) is 3. The van der Waals surface area contributed by atoms with Crippen LogP contribution < -0.4 is 14.2 Å². The fraction of sp³-hybridized carbons (Fsp3) is 0.211. The molecule has 0 heterocycles. The van der Waals surface area contributed by atoms with Crippen molar-refractivity contribution in [1.29, 1.82) is 0 Å². The van der Waals surface area contributed by atoms with E-state index in [-0.39, 0.29) is 11.5 Å². The van der Waals surface area contributed by atoms with Crippen LogP contribution in [-0.4, -0.2) is 24.1 Å². The summed E-state index contributed by atoms with van der Waals surface area (Å²) in [6.07, 6.45) is 1.25. The zero-order valence-corrected chi connectivity index (χ0v) is 15.7. The highest BCUT2D eigenvalue weighted by molar-refractivity contribution is 6.30. The lowest BCUT2D eigenvalue weighted by Crippen LogP contribution is -2.28. The van der Waals surface area contributed by atoms with E-state index in [9.17, 15) is 14.9 Å². The molecule has 142 valence electrons. The SMILES string of the molecule is COc1cc(C=C[N+](=O)[O-])ccc1OC(=O)C(C)Oc1ccc(Cl)cc1C. The van der Waals surface area contributed by atoms with Crippen molar-refractivity contribution >= 4 is 23.6 Å². The van der Waals surface area contributed by atoms with Gasteiger partial charge in [0.25, 0.3) is 0 Å². The molecule has 0 saturated heterocycles. The van der Waals surface area contributed by atoms with Gasteiger partial charge in [-0.1, -0.05) is 17.7 Å². The molecule has 0 aliphatic heterocycles. The van der Waals surface area contributed by atoms with Gasteiger partial charge < -0.3 is 14.2 Å². The van der Waals surface area contributed by atoms with Crippen molar-refractivity contribution in [1.82, 2.24) is 0 Å². The second-order valence-electron chi connectivity index (χ2n) is 5.60. The number of nitrogens with zero attached hydrogens (tertiary/aromatic N) is 1. The fourth-order valence-corrected chi connectivity index (χ4v) is 2.42. The lowest BCUT2D eigenvalue weighted by molar-refractivity contribution is -0.400. The van der Waals surface area contributed by atoms with E-state index in [4.69, 9.17) is 25.8 Å². The zero-order chi connectivity index (χ0) is 20.0. The van der Waals surface area contributed by atoms with E-state index in [0.717, 1.165) is 11.8 Å². The largest absolute Gasteiger partial charge is 0.493 e. The summed E-state index contributed by atoms with van der Waals surface area (Å²) < 4.78 is 16.2. The predicted molar refractivity (Wildman–Crippen MR) is 101 cm³/mol. The Bertz CT molecular complexity index is 880. The molecular weight excluding hydrogens is 374 g/mol. The second kappa shape index (κ2) is 9.05. The number of esters is 1. The highest BCUT2D eigenvalue weighted by Gasteiger charge is 2.20. The van der Waals surface area contributed by atoms with Crippen LogP contribution in [0.15, 0.2) is 42.6 Å². The highest BCUT2D eigenvalue weighted by Crippen LogP contribution is 2.29. The molecule has 2 aromatic rings. The zero-order valence-electron chi connectivity index (χ0n) is 15.0. The molecule has 2 rings (SSSR count). The minimum atomic E-state index is -0.872. The summed E-state index contributed by atoms with van der Waals surface area (Å²) >= 11 is 5.91. The molecule has 0 saturated carbocycles. The van der Waals surface area contributed by atoms with Gasteiger partial charge in [-0.15, -0.1) is 0 Å². The number of nitro groups is 1. The van der Waals surface area contributed by atoms with Gasteiger partial charge in [0.2, 0.25) is 6.20 Å². The van der Waals surface area contributed by atoms with Gasteiger partial charge in [0.15, 0.2) is 17.6 Å². The van der Waals surface area contributed by atoms with Crippen LogP contribution in [0.3, 0.4) is 0 Å². The Balaban J connectivity index is 2.10. The summed E-state index contributed by atoms with van der Waals surface area (Å²) in [5, 5.41) is 11.0. The number of aryl methyl sites for hydroxylation is 1. The Morgan fingerprint density at radius 3 is 2.52 bits per heavy atom. The number of carbonyl (C=O) groups is 1. The third-order valence-corrected chi connectivity index (χ3v) is 3.79. The van der Waals surface area contributed by atoms with Gasteiger partial charge in [0.05, 0.1) is 12.0 Å². The number of rotatable bonds is 7. The van der Waals surface area contributed by atoms with E-state index in [1.165, 1.54) is 25.3 Å². The molecule has 0 bridgehead atoms. The molecule has 0 aliphatic carbocycles. The molecule has 0 amide bonds. The van der Waals surface area contributed by atoms with E-state index < -0.39 is 17.0 Å². The molecule has 0 spiro atoms. The smallest absolute Gasteiger partial charge is 0.352 e. The number of benzene rings is 2. The monoisotopic (exact) mass is 391 g/mol. The predicted octanol–water partition coefficient (Wildman–Crippen LogP) is 4.28. The minimum Gasteiger partial charge on any atom is -0.493 e. The molecule has 7 nitrogen and oxygen atoms in total. The van der Waals surface area contributed by atoms with Gasteiger partial charge in [-0.3, -0.25) is 10.1 Å². The summed E-state index contributed by atoms with van der Waals surface area (Å²) in [7, 11) is 1.41. The molecule has 1 atom stereocenters. The van der Waals surface area contributed by atoms with Gasteiger partial charge in [-0.2, -0.15) is 0 Å². The Morgan fingerprint density at radius 2 is 1.89 bits per heavy atom. The van der Waals surface area contributed by atoms with E-state index in [0.29, 0.717) is 16.3 Å². The summed E-state index contributed by atoms with van der Waals surface area (Å²) in [5.74, 6) is 0.361. The van der Waals surface area contributed by atoms with Crippen molar-refractivity contribution in [3.05, 3.63) is 68.9 Å². The van der Waals surface area contributed by atoms with Crippen molar-refractivity contribution < 1.29 is 23.9 Å². The van der Waals surface area contributed by atoms with Crippen molar-refractivity contribution in [3.63, 3.8) is 0 Å². The normalized spacial score (nSPS) is 11.9. The van der Waals surface area contributed by atoms with Crippen LogP contribution in [0.2, 0.25) is 5.02 Å². The van der Waals surface area contributed by atoms with Crippen LogP contribution in [0.5, 0.6) is 17.2 Å². The first kappa shape index (κ1) is 20.3. The van der Waals surface area contributed by atoms with Crippen LogP contribution in [0, 0.1) is 17.0 Å². The van der Waals surface area contributed by atoms with Crippen LogP contribution in [0.25, 0.3) is 6.08 Å². The topological polar surface area (TPSA) is 87.9 Å². The van der Waals surface area contributed by atoms with Crippen molar-refractivity contribution in [2.75, 3.05) is 7.11 Å². The van der Waals surface area contributed by atoms with Crippen LogP contribution in [-0.2, 0) is 4.79 Å². The van der Waals surface area contributed by atoms with Gasteiger partial charge >= 0.3 is 5.97 Å². The number of hydrogen-bond acceptors (Lipinski definition) is 6. The number of methoxy groups -OCH3 is 1. The van der Waals surface area contributed by atoms with Crippen molar-refractivity contribution in [2.45, 2.75) is 20.0 Å². The summed E-state index contributed by atoms with van der Waals surface area (Å²) in [5.41, 5.74) is 1.33. The summed E-state index contributed by atoms with van der Waals surface area (Å²) in [6.45, 7) is 3.39. The molecule has 8 heteroatoms. The Labute approximate surface area is 161 Å². The first-order valence-electron chi connectivity index (χ1n) is 7.94. The summed E-state index contributed by atoms with van der Waals surface area (Å²) in [4.78, 5) is 22.2. The number of halogens is 1. The van der Waals surface area contributed by atoms with E-state index in [2.05, 4.69) is 0 Å². The van der Waals surface area contributed by atoms with E-state index >= 15 is 0 Å². The van der Waals surface area contributed by atoms with Gasteiger partial charge in [0.1, 0.15) is 5.75 Å². The fourth-order valence-electron chi connectivity index (χ4n) is 2.19. The molecule has 0 aromatic heterocycles. The first-order valence-corrected chi connectivity index (χ1v) is 8.32. The van der Waals surface area contributed by atoms with E-state index in [1.54, 1.807) is 31.2 Å². The average Bonchev–Trinajstić information content (AvgIpc) is 2.62. The molecule has 27 heavy (non-hydrogen) atoms. The minimum absolute atomic E-state index is 0.184. The van der Waals surface area contributed by atoms with Gasteiger partial charge in [0, 0.05) is 11.1 Å². The lowest BCUT2D eigenvalue weighted by atomic mass is 10.2. The number of carbonyl (C=O) groups excluding carboxylic acids is 1. The molecule has 0 radical (unpaired) electrons. The third kappa shape index (κ3) is 5.72. The lowest BCUT2D eigenvalue weighted by Gasteiger charge is -2.16. The molecule has 0 N–H and O–H groups in total. The van der Waals surface area contributed by atoms with Crippen LogP contribution in [0.4, 0.5) is 0 Å². The first-order chi connectivity index (χ1) is 12.8. The van der Waals surface area contributed by atoms with Gasteiger partial charge in [-0.25, -0.2) is 4.79 Å². The Hall–Kier alpha value is -3.06. The quantitative estimate of drug-likeness (QED) is 0.303. The Kier molecular flexibility index (Phi) is 6.79. The number of hydrogen-bond donors (Lipinski definition) is 0. The highest BCUT2D eigenvalue weighted by atomic mass is 35.5. The maximum Gasteiger partial charge on any atom is 0.352 e.